The van der Waals surface area contributed by atoms with E-state index in [1.807, 2.05) is 0 Å². The summed E-state index contributed by atoms with van der Waals surface area (Å²) < 4.78 is 3.32. The zero-order valence-corrected chi connectivity index (χ0v) is 11.2. The van der Waals surface area contributed by atoms with Gasteiger partial charge in [0.25, 0.3) is 0 Å². The molecule has 0 aliphatic heterocycles. The second kappa shape index (κ2) is 3.33. The van der Waals surface area contributed by atoms with Crippen LogP contribution in [-0.2, 0) is 12.8 Å². The number of pyridine rings is 1. The summed E-state index contributed by atoms with van der Waals surface area (Å²) in [4.78, 5) is 4.73. The molecule has 2 heterocycles. The standard InChI is InChI=1S/C13H15BrN2/c1-13(2)6-5-10-11(8-13)16-7-3-4-9(14)12(16)15-10/h3-4,7H,5-6,8H2,1-2H3. The van der Waals surface area contributed by atoms with Gasteiger partial charge in [-0.3, -0.25) is 0 Å². The number of hydrogen-bond donors (Lipinski definition) is 0. The van der Waals surface area contributed by atoms with Gasteiger partial charge in [-0.1, -0.05) is 13.8 Å². The quantitative estimate of drug-likeness (QED) is 0.720. The summed E-state index contributed by atoms with van der Waals surface area (Å²) >= 11 is 3.57. The number of aromatic nitrogens is 2. The molecule has 0 saturated heterocycles. The van der Waals surface area contributed by atoms with Crippen LogP contribution in [-0.4, -0.2) is 9.38 Å². The van der Waals surface area contributed by atoms with E-state index < -0.39 is 0 Å². The molecule has 0 unspecified atom stereocenters. The van der Waals surface area contributed by atoms with Gasteiger partial charge in [0.15, 0.2) is 5.65 Å². The molecule has 2 nitrogen and oxygen atoms in total. The highest BCUT2D eigenvalue weighted by Gasteiger charge is 2.28. The number of aryl methyl sites for hydroxylation is 1. The molecule has 0 N–H and O–H groups in total. The number of rotatable bonds is 0. The molecule has 16 heavy (non-hydrogen) atoms. The molecule has 0 radical (unpaired) electrons. The highest BCUT2D eigenvalue weighted by atomic mass is 79.9. The molecule has 2 aromatic rings. The first-order valence-electron chi connectivity index (χ1n) is 5.71. The van der Waals surface area contributed by atoms with Gasteiger partial charge in [-0.05, 0) is 52.7 Å². The maximum Gasteiger partial charge on any atom is 0.151 e. The van der Waals surface area contributed by atoms with Crippen molar-refractivity contribution < 1.29 is 0 Å². The van der Waals surface area contributed by atoms with Crippen LogP contribution in [0, 0.1) is 5.41 Å². The molecule has 0 bridgehead atoms. The lowest BCUT2D eigenvalue weighted by Gasteiger charge is -2.28. The molecule has 1 aliphatic rings. The number of imidazole rings is 1. The van der Waals surface area contributed by atoms with Crippen molar-refractivity contribution >= 4 is 21.6 Å². The van der Waals surface area contributed by atoms with E-state index in [2.05, 4.69) is 52.5 Å². The van der Waals surface area contributed by atoms with Crippen molar-refractivity contribution in [1.29, 1.82) is 0 Å². The van der Waals surface area contributed by atoms with Crippen LogP contribution >= 0.6 is 15.9 Å². The van der Waals surface area contributed by atoms with E-state index in [1.54, 1.807) is 0 Å². The lowest BCUT2D eigenvalue weighted by Crippen LogP contribution is -2.22. The maximum absolute atomic E-state index is 4.73. The number of nitrogens with zero attached hydrogens (tertiary/aromatic N) is 2. The Hall–Kier alpha value is -0.830. The highest BCUT2D eigenvalue weighted by Crippen LogP contribution is 2.35. The zero-order valence-electron chi connectivity index (χ0n) is 9.63. The Bertz CT molecular complexity index is 554. The Morgan fingerprint density at radius 3 is 3.06 bits per heavy atom. The molecule has 3 heteroatoms. The van der Waals surface area contributed by atoms with Crippen LogP contribution in [0.1, 0.15) is 31.7 Å². The van der Waals surface area contributed by atoms with Crippen LogP contribution in [0.3, 0.4) is 0 Å². The predicted molar refractivity (Wildman–Crippen MR) is 68.7 cm³/mol. The van der Waals surface area contributed by atoms with E-state index in [1.165, 1.54) is 17.8 Å². The fourth-order valence-electron chi connectivity index (χ4n) is 2.52. The third-order valence-corrected chi connectivity index (χ3v) is 4.09. The summed E-state index contributed by atoms with van der Waals surface area (Å²) in [6.45, 7) is 4.68. The minimum absolute atomic E-state index is 0.408. The maximum atomic E-state index is 4.73. The minimum atomic E-state index is 0.408. The van der Waals surface area contributed by atoms with E-state index in [9.17, 15) is 0 Å². The third-order valence-electron chi connectivity index (χ3n) is 3.47. The van der Waals surface area contributed by atoms with E-state index in [0.717, 1.165) is 23.0 Å². The van der Waals surface area contributed by atoms with Crippen LogP contribution in [0.15, 0.2) is 22.8 Å². The second-order valence-electron chi connectivity index (χ2n) is 5.40. The summed E-state index contributed by atoms with van der Waals surface area (Å²) in [6, 6.07) is 4.12. The first-order chi connectivity index (χ1) is 7.57. The Morgan fingerprint density at radius 2 is 2.25 bits per heavy atom. The number of halogens is 1. The minimum Gasteiger partial charge on any atom is -0.303 e. The summed E-state index contributed by atoms with van der Waals surface area (Å²) in [5.74, 6) is 0. The van der Waals surface area contributed by atoms with Gasteiger partial charge in [0, 0.05) is 11.9 Å². The molecular formula is C13H15BrN2. The Balaban J connectivity index is 2.26. The Kier molecular flexibility index (Phi) is 2.15. The van der Waals surface area contributed by atoms with Gasteiger partial charge < -0.3 is 4.40 Å². The van der Waals surface area contributed by atoms with Crippen LogP contribution in [0.4, 0.5) is 0 Å². The fraction of sp³-hybridized carbons (Fsp3) is 0.462. The van der Waals surface area contributed by atoms with Gasteiger partial charge in [0.2, 0.25) is 0 Å². The summed E-state index contributed by atoms with van der Waals surface area (Å²) in [7, 11) is 0. The van der Waals surface area contributed by atoms with Crippen molar-refractivity contribution in [2.45, 2.75) is 33.1 Å². The van der Waals surface area contributed by atoms with E-state index >= 15 is 0 Å². The van der Waals surface area contributed by atoms with Gasteiger partial charge in [0.1, 0.15) is 0 Å². The summed E-state index contributed by atoms with van der Waals surface area (Å²) in [5.41, 5.74) is 4.15. The Morgan fingerprint density at radius 1 is 1.44 bits per heavy atom. The van der Waals surface area contributed by atoms with Crippen molar-refractivity contribution in [3.63, 3.8) is 0 Å². The molecule has 1 aliphatic carbocycles. The average Bonchev–Trinajstić information content (AvgIpc) is 2.57. The van der Waals surface area contributed by atoms with E-state index in [-0.39, 0.29) is 0 Å². The third kappa shape index (κ3) is 1.49. The van der Waals surface area contributed by atoms with Crippen LogP contribution in [0.2, 0.25) is 0 Å². The normalized spacial score (nSPS) is 18.7. The van der Waals surface area contributed by atoms with Crippen molar-refractivity contribution in [2.75, 3.05) is 0 Å². The van der Waals surface area contributed by atoms with Crippen LogP contribution in [0.25, 0.3) is 5.65 Å². The van der Waals surface area contributed by atoms with Crippen molar-refractivity contribution in [2.24, 2.45) is 5.41 Å². The molecule has 0 aromatic carbocycles. The van der Waals surface area contributed by atoms with E-state index in [4.69, 9.17) is 4.98 Å². The van der Waals surface area contributed by atoms with E-state index in [0.29, 0.717) is 5.41 Å². The first-order valence-corrected chi connectivity index (χ1v) is 6.50. The van der Waals surface area contributed by atoms with Crippen molar-refractivity contribution in [3.05, 3.63) is 34.2 Å². The van der Waals surface area contributed by atoms with Gasteiger partial charge in [-0.25, -0.2) is 4.98 Å². The smallest absolute Gasteiger partial charge is 0.151 e. The van der Waals surface area contributed by atoms with Crippen molar-refractivity contribution in [3.8, 4) is 0 Å². The first kappa shape index (κ1) is 10.3. The number of hydrogen-bond acceptors (Lipinski definition) is 1. The highest BCUT2D eigenvalue weighted by molar-refractivity contribution is 9.10. The monoisotopic (exact) mass is 278 g/mol. The fourth-order valence-corrected chi connectivity index (χ4v) is 2.95. The SMILES string of the molecule is CC1(C)CCc2nc3c(Br)cccn3c2C1. The molecular weight excluding hydrogens is 264 g/mol. The van der Waals surface area contributed by atoms with Gasteiger partial charge in [-0.2, -0.15) is 0 Å². The van der Waals surface area contributed by atoms with Gasteiger partial charge in [0.05, 0.1) is 10.2 Å². The van der Waals surface area contributed by atoms with Crippen molar-refractivity contribution in [1.82, 2.24) is 9.38 Å². The lowest BCUT2D eigenvalue weighted by molar-refractivity contribution is 0.309. The zero-order chi connectivity index (χ0) is 11.3. The molecule has 0 atom stereocenters. The molecule has 0 amide bonds. The molecule has 0 spiro atoms. The Labute approximate surface area is 104 Å². The van der Waals surface area contributed by atoms with Gasteiger partial charge >= 0.3 is 0 Å². The lowest BCUT2D eigenvalue weighted by atomic mass is 9.78. The molecule has 0 fully saturated rings. The second-order valence-corrected chi connectivity index (χ2v) is 6.25. The number of fused-ring (bicyclic) bond motifs is 3. The molecule has 0 saturated carbocycles. The topological polar surface area (TPSA) is 17.3 Å². The average molecular weight is 279 g/mol. The molecule has 84 valence electrons. The van der Waals surface area contributed by atoms with Crippen LogP contribution in [0.5, 0.6) is 0 Å². The summed E-state index contributed by atoms with van der Waals surface area (Å²) in [6.07, 6.45) is 5.59. The summed E-state index contributed by atoms with van der Waals surface area (Å²) in [5, 5.41) is 0. The largest absolute Gasteiger partial charge is 0.303 e. The molecule has 3 rings (SSSR count). The molecule has 2 aromatic heterocycles. The van der Waals surface area contributed by atoms with Crippen LogP contribution < -0.4 is 0 Å². The predicted octanol–water partition coefficient (Wildman–Crippen LogP) is 3.61. The van der Waals surface area contributed by atoms with Gasteiger partial charge in [-0.15, -0.1) is 0 Å².